The summed E-state index contributed by atoms with van der Waals surface area (Å²) in [6.45, 7) is 0. The quantitative estimate of drug-likeness (QED) is 0.695. The molecule has 22 heavy (non-hydrogen) atoms. The summed E-state index contributed by atoms with van der Waals surface area (Å²) in [4.78, 5) is 16.9. The highest BCUT2D eigenvalue weighted by molar-refractivity contribution is 6.13. The van der Waals surface area contributed by atoms with E-state index < -0.39 is 0 Å². The number of hydrogen-bond donors (Lipinski definition) is 0. The van der Waals surface area contributed by atoms with Crippen molar-refractivity contribution in [2.75, 3.05) is 14.2 Å². The van der Waals surface area contributed by atoms with Crippen LogP contribution in [0.15, 0.2) is 42.7 Å². The number of rotatable bonds is 4. The third-order valence-electron chi connectivity index (χ3n) is 3.67. The number of hydrogen-bond acceptors (Lipinski definition) is 4. The van der Waals surface area contributed by atoms with E-state index in [-0.39, 0.29) is 11.7 Å². The number of carbonyl (C=O) groups excluding carboxylic acids is 1. The molecule has 0 saturated carbocycles. The van der Waals surface area contributed by atoms with Crippen LogP contribution in [0.25, 0.3) is 10.9 Å². The van der Waals surface area contributed by atoms with Gasteiger partial charge in [0.05, 0.1) is 14.2 Å². The van der Waals surface area contributed by atoms with E-state index >= 15 is 0 Å². The number of pyridine rings is 1. The highest BCUT2D eigenvalue weighted by atomic mass is 16.5. The number of methoxy groups -OCH3 is 2. The Morgan fingerprint density at radius 1 is 1.14 bits per heavy atom. The molecule has 1 aromatic carbocycles. The lowest BCUT2D eigenvalue weighted by Gasteiger charge is -2.11. The van der Waals surface area contributed by atoms with Crippen LogP contribution in [-0.2, 0) is 7.05 Å². The van der Waals surface area contributed by atoms with Crippen LogP contribution in [0.4, 0.5) is 0 Å². The zero-order chi connectivity index (χ0) is 15.7. The van der Waals surface area contributed by atoms with E-state index in [1.165, 1.54) is 14.2 Å². The van der Waals surface area contributed by atoms with Gasteiger partial charge in [0.2, 0.25) is 11.7 Å². The maximum absolute atomic E-state index is 12.8. The van der Waals surface area contributed by atoms with Gasteiger partial charge in [-0.25, -0.2) is 4.98 Å². The van der Waals surface area contributed by atoms with E-state index in [0.29, 0.717) is 16.9 Å². The highest BCUT2D eigenvalue weighted by Gasteiger charge is 2.21. The van der Waals surface area contributed by atoms with Gasteiger partial charge in [-0.2, -0.15) is 0 Å². The molecule has 0 atom stereocenters. The summed E-state index contributed by atoms with van der Waals surface area (Å²) in [5, 5.41) is 1.01. The van der Waals surface area contributed by atoms with Crippen LogP contribution < -0.4 is 9.47 Å². The predicted octanol–water partition coefficient (Wildman–Crippen LogP) is 2.82. The summed E-state index contributed by atoms with van der Waals surface area (Å²) in [5.74, 6) is 0.537. The number of aryl methyl sites for hydroxylation is 1. The van der Waals surface area contributed by atoms with Crippen LogP contribution >= 0.6 is 0 Å². The first-order chi connectivity index (χ1) is 10.7. The molecule has 0 bridgehead atoms. The Hall–Kier alpha value is -2.82. The van der Waals surface area contributed by atoms with Crippen molar-refractivity contribution in [3.8, 4) is 11.6 Å². The third-order valence-corrected chi connectivity index (χ3v) is 3.67. The summed E-state index contributed by atoms with van der Waals surface area (Å²) in [5.41, 5.74) is 1.98. The Balaban J connectivity index is 2.13. The number of benzene rings is 1. The van der Waals surface area contributed by atoms with Gasteiger partial charge in [0.25, 0.3) is 0 Å². The van der Waals surface area contributed by atoms with Gasteiger partial charge in [0, 0.05) is 35.9 Å². The number of fused-ring (bicyclic) bond motifs is 1. The first-order valence-corrected chi connectivity index (χ1v) is 6.82. The molecule has 5 nitrogen and oxygen atoms in total. The fraction of sp³-hybridized carbons (Fsp3) is 0.176. The topological polar surface area (TPSA) is 53.4 Å². The molecule has 0 spiro atoms. The second kappa shape index (κ2) is 5.52. The summed E-state index contributed by atoms with van der Waals surface area (Å²) >= 11 is 0. The molecule has 2 aromatic heterocycles. The zero-order valence-electron chi connectivity index (χ0n) is 12.7. The summed E-state index contributed by atoms with van der Waals surface area (Å²) in [6.07, 6.45) is 3.51. The largest absolute Gasteiger partial charge is 0.496 e. The molecule has 0 amide bonds. The van der Waals surface area contributed by atoms with E-state index in [1.807, 2.05) is 36.0 Å². The summed E-state index contributed by atoms with van der Waals surface area (Å²) < 4.78 is 12.5. The Kier molecular flexibility index (Phi) is 3.55. The lowest BCUT2D eigenvalue weighted by atomic mass is 10.0. The minimum atomic E-state index is -0.174. The van der Waals surface area contributed by atoms with Gasteiger partial charge in [-0.3, -0.25) is 4.79 Å². The predicted molar refractivity (Wildman–Crippen MR) is 83.7 cm³/mol. The molecule has 0 unspecified atom stereocenters. The van der Waals surface area contributed by atoms with E-state index in [0.717, 1.165) is 10.9 Å². The smallest absolute Gasteiger partial charge is 0.228 e. The second-order valence-electron chi connectivity index (χ2n) is 4.93. The van der Waals surface area contributed by atoms with Gasteiger partial charge in [-0.05, 0) is 30.3 Å². The fourth-order valence-corrected chi connectivity index (χ4v) is 2.53. The van der Waals surface area contributed by atoms with Crippen molar-refractivity contribution in [1.82, 2.24) is 9.55 Å². The average Bonchev–Trinajstić information content (AvgIpc) is 2.94. The van der Waals surface area contributed by atoms with E-state index in [9.17, 15) is 4.79 Å². The van der Waals surface area contributed by atoms with Crippen molar-refractivity contribution in [2.24, 2.45) is 7.05 Å². The van der Waals surface area contributed by atoms with Gasteiger partial charge in [0.1, 0.15) is 11.3 Å². The van der Waals surface area contributed by atoms with Crippen molar-refractivity contribution >= 4 is 16.7 Å². The standard InChI is InChI=1S/C17H16N2O3/c1-19-9-7-11-10-12(4-5-13(11)19)16(20)15-14(21-2)6-8-18-17(15)22-3/h4-10H,1-3H3. The van der Waals surface area contributed by atoms with Crippen LogP contribution in [0.3, 0.4) is 0 Å². The van der Waals surface area contributed by atoms with Crippen LogP contribution in [-0.4, -0.2) is 29.6 Å². The zero-order valence-corrected chi connectivity index (χ0v) is 12.7. The van der Waals surface area contributed by atoms with Crippen LogP contribution in [0.1, 0.15) is 15.9 Å². The van der Waals surface area contributed by atoms with Gasteiger partial charge >= 0.3 is 0 Å². The molecule has 0 N–H and O–H groups in total. The van der Waals surface area contributed by atoms with Crippen LogP contribution in [0, 0.1) is 0 Å². The third kappa shape index (κ3) is 2.20. The number of ether oxygens (including phenoxy) is 2. The normalized spacial score (nSPS) is 10.7. The monoisotopic (exact) mass is 296 g/mol. The minimum Gasteiger partial charge on any atom is -0.496 e. The number of nitrogens with zero attached hydrogens (tertiary/aromatic N) is 2. The first kappa shape index (κ1) is 14.1. The SMILES string of the molecule is COc1ccnc(OC)c1C(=O)c1ccc2c(ccn2C)c1. The molecule has 0 saturated heterocycles. The molecule has 5 heteroatoms. The molecule has 112 valence electrons. The number of carbonyl (C=O) groups is 1. The Bertz CT molecular complexity index is 830. The Morgan fingerprint density at radius 3 is 2.68 bits per heavy atom. The molecule has 0 aliphatic carbocycles. The lowest BCUT2D eigenvalue weighted by Crippen LogP contribution is -2.07. The van der Waals surface area contributed by atoms with Gasteiger partial charge in [-0.15, -0.1) is 0 Å². The highest BCUT2D eigenvalue weighted by Crippen LogP contribution is 2.29. The number of aromatic nitrogens is 2. The molecule has 3 aromatic rings. The van der Waals surface area contributed by atoms with Crippen molar-refractivity contribution in [3.63, 3.8) is 0 Å². The maximum atomic E-state index is 12.8. The lowest BCUT2D eigenvalue weighted by molar-refractivity contribution is 0.103. The summed E-state index contributed by atoms with van der Waals surface area (Å²) in [6, 6.07) is 9.22. The molecule has 3 rings (SSSR count). The first-order valence-electron chi connectivity index (χ1n) is 6.82. The maximum Gasteiger partial charge on any atom is 0.228 e. The Morgan fingerprint density at radius 2 is 1.95 bits per heavy atom. The van der Waals surface area contributed by atoms with Crippen LogP contribution in [0.2, 0.25) is 0 Å². The van der Waals surface area contributed by atoms with E-state index in [1.54, 1.807) is 18.3 Å². The van der Waals surface area contributed by atoms with E-state index in [4.69, 9.17) is 9.47 Å². The molecule has 0 aliphatic heterocycles. The molecule has 0 aliphatic rings. The fourth-order valence-electron chi connectivity index (χ4n) is 2.53. The molecular formula is C17H16N2O3. The molecular weight excluding hydrogens is 280 g/mol. The molecule has 0 fully saturated rings. The van der Waals surface area contributed by atoms with Gasteiger partial charge in [0.15, 0.2) is 0 Å². The number of ketones is 1. The van der Waals surface area contributed by atoms with Crippen molar-refractivity contribution < 1.29 is 14.3 Å². The Labute approximate surface area is 128 Å². The van der Waals surface area contributed by atoms with Gasteiger partial charge in [-0.1, -0.05) is 0 Å². The molecule has 0 radical (unpaired) electrons. The van der Waals surface area contributed by atoms with Gasteiger partial charge < -0.3 is 14.0 Å². The average molecular weight is 296 g/mol. The van der Waals surface area contributed by atoms with E-state index in [2.05, 4.69) is 4.98 Å². The minimum absolute atomic E-state index is 0.174. The van der Waals surface area contributed by atoms with Crippen molar-refractivity contribution in [1.29, 1.82) is 0 Å². The van der Waals surface area contributed by atoms with Crippen molar-refractivity contribution in [2.45, 2.75) is 0 Å². The van der Waals surface area contributed by atoms with Crippen LogP contribution in [0.5, 0.6) is 11.6 Å². The second-order valence-corrected chi connectivity index (χ2v) is 4.93. The molecule has 2 heterocycles. The van der Waals surface area contributed by atoms with Crippen molar-refractivity contribution in [3.05, 3.63) is 53.9 Å². The summed E-state index contributed by atoms with van der Waals surface area (Å²) in [7, 11) is 4.97.